The molecule has 1 N–H and O–H groups in total. The number of nitrogens with one attached hydrogen (secondary N) is 1. The van der Waals surface area contributed by atoms with Crippen LogP contribution in [0.4, 0.5) is 5.69 Å². The third-order valence-corrected chi connectivity index (χ3v) is 3.84. The molecule has 24 heavy (non-hydrogen) atoms. The summed E-state index contributed by atoms with van der Waals surface area (Å²) in [7, 11) is 3.00. The molecule has 2 rings (SSSR count). The van der Waals surface area contributed by atoms with E-state index in [-0.39, 0.29) is 0 Å². The highest BCUT2D eigenvalue weighted by molar-refractivity contribution is 7.07. The van der Waals surface area contributed by atoms with Gasteiger partial charge in [0.1, 0.15) is 11.5 Å². The van der Waals surface area contributed by atoms with Crippen LogP contribution in [0.5, 0.6) is 11.5 Å². The van der Waals surface area contributed by atoms with Crippen LogP contribution in [-0.2, 0) is 16.0 Å². The number of methoxy groups -OCH3 is 2. The first-order valence-electron chi connectivity index (χ1n) is 7.09. The molecule has 0 fully saturated rings. The van der Waals surface area contributed by atoms with E-state index in [1.807, 2.05) is 6.92 Å². The number of amides is 1. The lowest BCUT2D eigenvalue weighted by Gasteiger charge is -2.11. The summed E-state index contributed by atoms with van der Waals surface area (Å²) in [5.41, 5.74) is 0.978. The molecule has 0 aliphatic heterocycles. The van der Waals surface area contributed by atoms with Gasteiger partial charge in [-0.2, -0.15) is 0 Å². The number of anilines is 1. The van der Waals surface area contributed by atoms with Crippen molar-refractivity contribution in [1.82, 2.24) is 9.59 Å². The highest BCUT2D eigenvalue weighted by atomic mass is 32.1. The predicted octanol–water partition coefficient (Wildman–Crippen LogP) is 1.91. The fourth-order valence-corrected chi connectivity index (χ4v) is 2.53. The third-order valence-electron chi connectivity index (χ3n) is 3.09. The van der Waals surface area contributed by atoms with Crippen LogP contribution in [0.1, 0.15) is 22.3 Å². The summed E-state index contributed by atoms with van der Waals surface area (Å²) >= 11 is 0.945. The smallest absolute Gasteiger partial charge is 0.352 e. The summed E-state index contributed by atoms with van der Waals surface area (Å²) in [6, 6.07) is 4.98. The van der Waals surface area contributed by atoms with Crippen molar-refractivity contribution < 1.29 is 23.8 Å². The lowest BCUT2D eigenvalue weighted by atomic mass is 10.2. The lowest BCUT2D eigenvalue weighted by molar-refractivity contribution is -0.119. The number of hydrogen-bond donors (Lipinski definition) is 1. The van der Waals surface area contributed by atoms with Crippen LogP contribution >= 0.6 is 11.5 Å². The molecule has 0 saturated heterocycles. The Bertz CT molecular complexity index is 732. The average molecular weight is 351 g/mol. The van der Waals surface area contributed by atoms with E-state index >= 15 is 0 Å². The molecule has 1 aromatic heterocycles. The van der Waals surface area contributed by atoms with E-state index in [1.165, 1.54) is 14.2 Å². The number of nitrogens with zero attached hydrogens (tertiary/aromatic N) is 2. The molecule has 128 valence electrons. The summed E-state index contributed by atoms with van der Waals surface area (Å²) in [4.78, 5) is 24.3. The second-order valence-corrected chi connectivity index (χ2v) is 5.35. The maximum atomic E-state index is 12.0. The molecule has 1 amide bonds. The minimum Gasteiger partial charge on any atom is -0.497 e. The average Bonchev–Trinajstić information content (AvgIpc) is 3.08. The Morgan fingerprint density at radius 2 is 2.04 bits per heavy atom. The van der Waals surface area contributed by atoms with Crippen molar-refractivity contribution in [3.8, 4) is 11.5 Å². The van der Waals surface area contributed by atoms with Gasteiger partial charge in [0.05, 0.1) is 25.6 Å². The van der Waals surface area contributed by atoms with E-state index in [9.17, 15) is 9.59 Å². The summed E-state index contributed by atoms with van der Waals surface area (Å²) in [6.07, 6.45) is 0.564. The Balaban J connectivity index is 1.97. The van der Waals surface area contributed by atoms with Crippen molar-refractivity contribution in [3.63, 3.8) is 0 Å². The van der Waals surface area contributed by atoms with Gasteiger partial charge in [0.25, 0.3) is 5.91 Å². The van der Waals surface area contributed by atoms with E-state index in [4.69, 9.17) is 14.2 Å². The van der Waals surface area contributed by atoms with Gasteiger partial charge < -0.3 is 19.5 Å². The van der Waals surface area contributed by atoms with Crippen molar-refractivity contribution in [2.75, 3.05) is 26.1 Å². The van der Waals surface area contributed by atoms with Gasteiger partial charge in [0.2, 0.25) is 0 Å². The Labute approximate surface area is 142 Å². The number of ether oxygens (including phenoxy) is 3. The van der Waals surface area contributed by atoms with Crippen LogP contribution in [0.3, 0.4) is 0 Å². The van der Waals surface area contributed by atoms with Crippen LogP contribution in [0.25, 0.3) is 0 Å². The second-order valence-electron chi connectivity index (χ2n) is 4.59. The number of aromatic nitrogens is 2. The van der Waals surface area contributed by atoms with E-state index in [0.29, 0.717) is 34.2 Å². The molecule has 1 heterocycles. The number of aryl methyl sites for hydroxylation is 1. The van der Waals surface area contributed by atoms with Crippen molar-refractivity contribution in [1.29, 1.82) is 0 Å². The van der Waals surface area contributed by atoms with E-state index in [0.717, 1.165) is 11.5 Å². The van der Waals surface area contributed by atoms with Crippen LogP contribution in [0, 0.1) is 0 Å². The largest absolute Gasteiger partial charge is 0.497 e. The van der Waals surface area contributed by atoms with Gasteiger partial charge in [-0.05, 0) is 30.1 Å². The van der Waals surface area contributed by atoms with Crippen molar-refractivity contribution in [2.24, 2.45) is 0 Å². The van der Waals surface area contributed by atoms with Crippen LogP contribution in [0.15, 0.2) is 18.2 Å². The fraction of sp³-hybridized carbons (Fsp3) is 0.333. The zero-order valence-corrected chi connectivity index (χ0v) is 14.3. The third kappa shape index (κ3) is 4.19. The number of carbonyl (C=O) groups excluding carboxylic acids is 2. The van der Waals surface area contributed by atoms with Gasteiger partial charge >= 0.3 is 5.97 Å². The molecule has 0 spiro atoms. The minimum atomic E-state index is -0.616. The Morgan fingerprint density at radius 1 is 1.25 bits per heavy atom. The molecule has 9 heteroatoms. The van der Waals surface area contributed by atoms with Gasteiger partial charge in [-0.15, -0.1) is 5.10 Å². The Hall–Kier alpha value is -2.68. The first kappa shape index (κ1) is 17.7. The molecular weight excluding hydrogens is 334 g/mol. The molecule has 0 unspecified atom stereocenters. The highest BCUT2D eigenvalue weighted by Crippen LogP contribution is 2.28. The predicted molar refractivity (Wildman–Crippen MR) is 87.7 cm³/mol. The molecule has 0 saturated carbocycles. The van der Waals surface area contributed by atoms with Crippen LogP contribution in [0.2, 0.25) is 0 Å². The van der Waals surface area contributed by atoms with Crippen LogP contribution in [-0.4, -0.2) is 42.3 Å². The van der Waals surface area contributed by atoms with Crippen molar-refractivity contribution in [2.45, 2.75) is 13.3 Å². The molecule has 0 aliphatic rings. The lowest BCUT2D eigenvalue weighted by Crippen LogP contribution is -2.21. The zero-order valence-electron chi connectivity index (χ0n) is 13.5. The van der Waals surface area contributed by atoms with Crippen molar-refractivity contribution in [3.05, 3.63) is 28.8 Å². The van der Waals surface area contributed by atoms with Gasteiger partial charge in [-0.1, -0.05) is 11.4 Å². The standard InChI is InChI=1S/C15H17N3O5S/c1-4-10-14(24-18-17-10)15(20)23-8-13(19)16-11-7-9(21-2)5-6-12(11)22-3/h5-7H,4,8H2,1-3H3,(H,16,19). The van der Waals surface area contributed by atoms with Crippen LogP contribution < -0.4 is 14.8 Å². The highest BCUT2D eigenvalue weighted by Gasteiger charge is 2.18. The Kier molecular flexibility index (Phi) is 6.07. The van der Waals surface area contributed by atoms with Gasteiger partial charge in [-0.25, -0.2) is 4.79 Å². The van der Waals surface area contributed by atoms with E-state index in [1.54, 1.807) is 18.2 Å². The SMILES string of the molecule is CCc1nnsc1C(=O)OCC(=O)Nc1cc(OC)ccc1OC. The molecule has 0 radical (unpaired) electrons. The monoisotopic (exact) mass is 351 g/mol. The zero-order chi connectivity index (χ0) is 17.5. The molecule has 8 nitrogen and oxygen atoms in total. The molecule has 1 aromatic carbocycles. The quantitative estimate of drug-likeness (QED) is 0.761. The van der Waals surface area contributed by atoms with Gasteiger partial charge in [-0.3, -0.25) is 4.79 Å². The summed E-state index contributed by atoms with van der Waals surface area (Å²) in [5.74, 6) is -0.0816. The van der Waals surface area contributed by atoms with Gasteiger partial charge in [0, 0.05) is 6.07 Å². The second kappa shape index (κ2) is 8.25. The Morgan fingerprint density at radius 3 is 2.71 bits per heavy atom. The first-order valence-corrected chi connectivity index (χ1v) is 7.86. The summed E-state index contributed by atoms with van der Waals surface area (Å²) in [5, 5.41) is 6.45. The number of carbonyl (C=O) groups is 2. The summed E-state index contributed by atoms with van der Waals surface area (Å²) in [6.45, 7) is 1.43. The number of hydrogen-bond acceptors (Lipinski definition) is 8. The first-order chi connectivity index (χ1) is 11.6. The molecule has 2 aromatic rings. The fourth-order valence-electron chi connectivity index (χ4n) is 1.89. The maximum Gasteiger partial charge on any atom is 0.352 e. The minimum absolute atomic E-state index is 0.310. The van der Waals surface area contributed by atoms with E-state index < -0.39 is 18.5 Å². The number of esters is 1. The van der Waals surface area contributed by atoms with E-state index in [2.05, 4.69) is 14.9 Å². The van der Waals surface area contributed by atoms with Crippen molar-refractivity contribution >= 4 is 29.1 Å². The molecular formula is C15H17N3O5S. The summed E-state index contributed by atoms with van der Waals surface area (Å²) < 4.78 is 19.0. The molecule has 0 aliphatic carbocycles. The number of benzene rings is 1. The number of rotatable bonds is 7. The molecule has 0 bridgehead atoms. The normalized spacial score (nSPS) is 10.1. The maximum absolute atomic E-state index is 12.0. The molecule has 0 atom stereocenters. The topological polar surface area (TPSA) is 99.6 Å². The van der Waals surface area contributed by atoms with Gasteiger partial charge in [0.15, 0.2) is 11.5 Å².